The molecule has 1 heterocycles. The van der Waals surface area contributed by atoms with Crippen molar-refractivity contribution in [2.24, 2.45) is 0 Å². The third-order valence-electron chi connectivity index (χ3n) is 2.38. The van der Waals surface area contributed by atoms with E-state index in [-0.39, 0.29) is 26.8 Å². The van der Waals surface area contributed by atoms with Crippen LogP contribution in [-0.4, -0.2) is 16.3 Å². The fourth-order valence-corrected chi connectivity index (χ4v) is 2.19. The zero-order chi connectivity index (χ0) is 14.9. The summed E-state index contributed by atoms with van der Waals surface area (Å²) < 4.78 is 27.7. The second-order valence-corrected chi connectivity index (χ2v) is 5.08. The highest BCUT2D eigenvalue weighted by atomic mass is 79.9. The van der Waals surface area contributed by atoms with Gasteiger partial charge in [0.1, 0.15) is 22.5 Å². The first-order chi connectivity index (χ1) is 9.42. The summed E-state index contributed by atoms with van der Waals surface area (Å²) in [6, 6.07) is 2.17. The molecule has 1 N–H and O–H groups in total. The molecule has 0 radical (unpaired) electrons. The number of benzene rings is 1. The lowest BCUT2D eigenvalue weighted by Crippen LogP contribution is -2.06. The number of anilines is 2. The molecule has 104 valence electrons. The number of hydrogen-bond donors (Lipinski definition) is 1. The minimum atomic E-state index is -0.832. The minimum Gasteiger partial charge on any atom is -0.335 e. The van der Waals surface area contributed by atoms with Crippen LogP contribution in [0.1, 0.15) is 16.2 Å². The fraction of sp³-hybridized carbons (Fsp3) is 0.0833. The molecule has 4 nitrogen and oxygen atoms in total. The van der Waals surface area contributed by atoms with Crippen molar-refractivity contribution in [3.63, 3.8) is 0 Å². The number of nitrogens with zero attached hydrogens (tertiary/aromatic N) is 2. The Hall–Kier alpha value is -1.60. The van der Waals surface area contributed by atoms with E-state index >= 15 is 0 Å². The molecule has 0 fully saturated rings. The molecule has 0 aliphatic carbocycles. The Bertz CT molecular complexity index is 674. The first-order valence-electron chi connectivity index (χ1n) is 5.33. The number of carbonyl (C=O) groups is 1. The maximum absolute atomic E-state index is 13.7. The number of nitrogens with one attached hydrogen (secondary N) is 1. The normalized spacial score (nSPS) is 10.4. The summed E-state index contributed by atoms with van der Waals surface area (Å²) >= 11 is 8.76. The molecule has 8 heteroatoms. The molecule has 0 aliphatic heterocycles. The Kier molecular flexibility index (Phi) is 4.29. The highest BCUT2D eigenvalue weighted by Gasteiger charge is 2.16. The predicted octanol–water partition coefficient (Wildman–Crippen LogP) is 4.04. The Morgan fingerprint density at radius 2 is 1.90 bits per heavy atom. The van der Waals surface area contributed by atoms with E-state index in [2.05, 4.69) is 31.2 Å². The highest BCUT2D eigenvalue weighted by molar-refractivity contribution is 9.10. The fourth-order valence-electron chi connectivity index (χ4n) is 1.53. The van der Waals surface area contributed by atoms with Crippen molar-refractivity contribution in [1.82, 2.24) is 9.97 Å². The van der Waals surface area contributed by atoms with Crippen LogP contribution >= 0.6 is 27.5 Å². The zero-order valence-corrected chi connectivity index (χ0v) is 12.4. The summed E-state index contributed by atoms with van der Waals surface area (Å²) in [4.78, 5) is 18.7. The third-order valence-corrected chi connectivity index (χ3v) is 3.13. The van der Waals surface area contributed by atoms with Gasteiger partial charge in [0, 0.05) is 4.47 Å². The van der Waals surface area contributed by atoms with E-state index in [1.54, 1.807) is 6.92 Å². The van der Waals surface area contributed by atoms with Gasteiger partial charge in [-0.05, 0) is 19.1 Å². The maximum atomic E-state index is 13.7. The molecule has 0 unspecified atom stereocenters. The molecule has 0 saturated carbocycles. The number of halogens is 4. The first-order valence-corrected chi connectivity index (χ1v) is 6.50. The van der Waals surface area contributed by atoms with Crippen molar-refractivity contribution in [2.75, 3.05) is 5.32 Å². The van der Waals surface area contributed by atoms with E-state index < -0.39 is 17.3 Å². The quantitative estimate of drug-likeness (QED) is 0.661. The van der Waals surface area contributed by atoms with Gasteiger partial charge >= 0.3 is 0 Å². The summed E-state index contributed by atoms with van der Waals surface area (Å²) in [6.07, 6.45) is 0.415. The number of rotatable bonds is 3. The molecule has 20 heavy (non-hydrogen) atoms. The highest BCUT2D eigenvalue weighted by Crippen LogP contribution is 2.28. The summed E-state index contributed by atoms with van der Waals surface area (Å²) in [5.41, 5.74) is -0.496. The average Bonchev–Trinajstić information content (AvgIpc) is 2.33. The van der Waals surface area contributed by atoms with Crippen molar-refractivity contribution >= 4 is 45.3 Å². The number of aldehydes is 1. The Morgan fingerprint density at radius 3 is 2.45 bits per heavy atom. The molecule has 1 aromatic heterocycles. The SMILES string of the molecule is Cc1nc(Cl)c(C=O)c(Nc2c(F)cc(Br)cc2F)n1. The number of carbonyl (C=O) groups excluding carboxylic acids is 1. The van der Waals surface area contributed by atoms with Gasteiger partial charge in [0.05, 0.1) is 5.56 Å². The maximum Gasteiger partial charge on any atom is 0.156 e. The lowest BCUT2D eigenvalue weighted by Gasteiger charge is -2.11. The van der Waals surface area contributed by atoms with Crippen LogP contribution in [0.2, 0.25) is 5.15 Å². The van der Waals surface area contributed by atoms with Crippen LogP contribution in [0.25, 0.3) is 0 Å². The molecule has 2 rings (SSSR count). The van der Waals surface area contributed by atoms with E-state index in [1.165, 1.54) is 0 Å². The zero-order valence-electron chi connectivity index (χ0n) is 10.0. The second kappa shape index (κ2) is 5.80. The largest absolute Gasteiger partial charge is 0.335 e. The van der Waals surface area contributed by atoms with Gasteiger partial charge in [-0.1, -0.05) is 27.5 Å². The van der Waals surface area contributed by atoms with E-state index in [0.29, 0.717) is 6.29 Å². The van der Waals surface area contributed by atoms with Gasteiger partial charge < -0.3 is 5.32 Å². The monoisotopic (exact) mass is 361 g/mol. The lowest BCUT2D eigenvalue weighted by molar-refractivity contribution is 0.112. The van der Waals surface area contributed by atoms with E-state index in [1.807, 2.05) is 0 Å². The molecule has 1 aromatic carbocycles. The van der Waals surface area contributed by atoms with Crippen molar-refractivity contribution < 1.29 is 13.6 Å². The molecule has 0 saturated heterocycles. The van der Waals surface area contributed by atoms with Gasteiger partial charge in [-0.25, -0.2) is 18.7 Å². The summed E-state index contributed by atoms with van der Waals surface area (Å²) in [5.74, 6) is -1.46. The van der Waals surface area contributed by atoms with Gasteiger partial charge in [-0.2, -0.15) is 0 Å². The van der Waals surface area contributed by atoms with Gasteiger partial charge in [0.2, 0.25) is 0 Å². The van der Waals surface area contributed by atoms with Crippen LogP contribution < -0.4 is 5.32 Å². The van der Waals surface area contributed by atoms with Gasteiger partial charge in [0.15, 0.2) is 17.9 Å². The predicted molar refractivity (Wildman–Crippen MR) is 74.5 cm³/mol. The first kappa shape index (κ1) is 14.8. The van der Waals surface area contributed by atoms with Crippen molar-refractivity contribution in [1.29, 1.82) is 0 Å². The Labute approximate surface area is 126 Å². The van der Waals surface area contributed by atoms with E-state index in [4.69, 9.17) is 11.6 Å². The van der Waals surface area contributed by atoms with Crippen molar-refractivity contribution in [3.8, 4) is 0 Å². The standard InChI is InChI=1S/C12H7BrClF2N3O/c1-5-17-11(14)7(4-20)12(18-5)19-10-8(15)2-6(13)3-9(10)16/h2-4H,1H3,(H,17,18,19). The minimum absolute atomic E-state index is 0.0578. The van der Waals surface area contributed by atoms with Crippen LogP contribution in [0, 0.1) is 18.6 Å². The van der Waals surface area contributed by atoms with E-state index in [9.17, 15) is 13.6 Å². The van der Waals surface area contributed by atoms with Crippen LogP contribution in [0.4, 0.5) is 20.3 Å². The molecule has 0 aliphatic rings. The Morgan fingerprint density at radius 1 is 1.30 bits per heavy atom. The molecule has 0 spiro atoms. The molecule has 0 atom stereocenters. The molecular formula is C12H7BrClF2N3O. The van der Waals surface area contributed by atoms with Gasteiger partial charge in [0.25, 0.3) is 0 Å². The molecule has 0 amide bonds. The van der Waals surface area contributed by atoms with Gasteiger partial charge in [-0.15, -0.1) is 0 Å². The summed E-state index contributed by atoms with van der Waals surface area (Å²) in [5, 5.41) is 2.34. The van der Waals surface area contributed by atoms with Crippen molar-refractivity contribution in [3.05, 3.63) is 44.8 Å². The topological polar surface area (TPSA) is 54.9 Å². The molecule has 0 bridgehead atoms. The van der Waals surface area contributed by atoms with E-state index in [0.717, 1.165) is 12.1 Å². The smallest absolute Gasteiger partial charge is 0.156 e. The van der Waals surface area contributed by atoms with Crippen LogP contribution in [0.3, 0.4) is 0 Å². The molecular weight excluding hydrogens is 356 g/mol. The molecule has 2 aromatic rings. The van der Waals surface area contributed by atoms with Crippen LogP contribution in [0.5, 0.6) is 0 Å². The summed E-state index contributed by atoms with van der Waals surface area (Å²) in [7, 11) is 0. The summed E-state index contributed by atoms with van der Waals surface area (Å²) in [6.45, 7) is 1.54. The van der Waals surface area contributed by atoms with Gasteiger partial charge in [-0.3, -0.25) is 4.79 Å². The number of hydrogen-bond acceptors (Lipinski definition) is 4. The number of aromatic nitrogens is 2. The van der Waals surface area contributed by atoms with Crippen molar-refractivity contribution in [2.45, 2.75) is 6.92 Å². The second-order valence-electron chi connectivity index (χ2n) is 3.81. The third kappa shape index (κ3) is 2.94. The average molecular weight is 363 g/mol. The van der Waals surface area contributed by atoms with Crippen LogP contribution in [0.15, 0.2) is 16.6 Å². The Balaban J connectivity index is 2.53. The lowest BCUT2D eigenvalue weighted by atomic mass is 10.2. The van der Waals surface area contributed by atoms with Crippen LogP contribution in [-0.2, 0) is 0 Å². The number of aryl methyl sites for hydroxylation is 1.